The zero-order valence-corrected chi connectivity index (χ0v) is 8.13. The van der Waals surface area contributed by atoms with Gasteiger partial charge in [0.15, 0.2) is 0 Å². The third kappa shape index (κ3) is 2.64. The van der Waals surface area contributed by atoms with Gasteiger partial charge in [-0.25, -0.2) is 0 Å². The lowest BCUT2D eigenvalue weighted by Crippen LogP contribution is -2.05. The zero-order chi connectivity index (χ0) is 9.19. The fourth-order valence-electron chi connectivity index (χ4n) is 0.580. The molecule has 12 heavy (non-hydrogen) atoms. The van der Waals surface area contributed by atoms with Crippen molar-refractivity contribution in [3.63, 3.8) is 0 Å². The number of hydrogen-bond acceptors (Lipinski definition) is 1. The predicted molar refractivity (Wildman–Crippen MR) is 47.3 cm³/mol. The molecule has 0 aliphatic rings. The zero-order valence-electron chi connectivity index (χ0n) is 5.73. The summed E-state index contributed by atoms with van der Waals surface area (Å²) in [5.74, 6) is 0. The average molecular weight is 257 g/mol. The number of rotatable bonds is 1. The molecule has 0 atom stereocenters. The summed E-state index contributed by atoms with van der Waals surface area (Å²) in [6.45, 7) is 0. The summed E-state index contributed by atoms with van der Waals surface area (Å²) in [7, 11) is 0. The maximum Gasteiger partial charge on any atom is 0.422 e. The van der Waals surface area contributed by atoms with E-state index in [4.69, 9.17) is 0 Å². The fourth-order valence-corrected chi connectivity index (χ4v) is 1.64. The number of thiophene rings is 1. The molecular weight excluding hydrogens is 253 g/mol. The molecule has 66 valence electrons. The van der Waals surface area contributed by atoms with E-state index in [1.807, 2.05) is 0 Å². The summed E-state index contributed by atoms with van der Waals surface area (Å²) in [4.78, 5) is 0.583. The highest BCUT2D eigenvalue weighted by Gasteiger charge is 2.31. The minimum Gasteiger partial charge on any atom is -0.166 e. The normalized spacial score (nSPS) is 13.5. The Morgan fingerprint density at radius 2 is 2.17 bits per heavy atom. The Morgan fingerprint density at radius 1 is 1.50 bits per heavy atom. The van der Waals surface area contributed by atoms with Crippen molar-refractivity contribution < 1.29 is 13.2 Å². The van der Waals surface area contributed by atoms with Crippen LogP contribution in [0, 0.1) is 0 Å². The van der Waals surface area contributed by atoms with E-state index in [-0.39, 0.29) is 0 Å². The fraction of sp³-hybridized carbons (Fsp3) is 0.143. The van der Waals surface area contributed by atoms with E-state index in [0.29, 0.717) is 4.88 Å². The van der Waals surface area contributed by atoms with Gasteiger partial charge in [0.2, 0.25) is 0 Å². The van der Waals surface area contributed by atoms with Gasteiger partial charge in [-0.1, -0.05) is 6.07 Å². The lowest BCUT2D eigenvalue weighted by molar-refractivity contribution is -0.0820. The van der Waals surface area contributed by atoms with Crippen molar-refractivity contribution >= 4 is 33.3 Å². The molecule has 1 aromatic heterocycles. The van der Waals surface area contributed by atoms with Crippen LogP contribution in [0.3, 0.4) is 0 Å². The Kier molecular flexibility index (Phi) is 2.95. The SMILES string of the molecule is FC(F)(F)/C(Br)=C/c1cccs1. The minimum absolute atomic E-state index is 0.583. The molecule has 0 aliphatic carbocycles. The Bertz CT molecular complexity index is 273. The van der Waals surface area contributed by atoms with Crippen LogP contribution in [-0.2, 0) is 0 Å². The highest BCUT2D eigenvalue weighted by molar-refractivity contribution is 9.11. The van der Waals surface area contributed by atoms with Gasteiger partial charge in [-0.3, -0.25) is 0 Å². The summed E-state index contributed by atoms with van der Waals surface area (Å²) < 4.78 is 35.0. The summed E-state index contributed by atoms with van der Waals surface area (Å²) in [6, 6.07) is 3.32. The number of hydrogen-bond donors (Lipinski definition) is 0. The Hall–Kier alpha value is -0.290. The van der Waals surface area contributed by atoms with Crippen molar-refractivity contribution in [1.29, 1.82) is 0 Å². The van der Waals surface area contributed by atoms with Crippen molar-refractivity contribution in [3.8, 4) is 0 Å². The van der Waals surface area contributed by atoms with E-state index in [1.165, 1.54) is 11.3 Å². The molecule has 0 aromatic carbocycles. The molecule has 5 heteroatoms. The molecule has 0 radical (unpaired) electrons. The third-order valence-corrected chi connectivity index (χ3v) is 2.58. The van der Waals surface area contributed by atoms with Gasteiger partial charge in [0.25, 0.3) is 0 Å². The van der Waals surface area contributed by atoms with Crippen LogP contribution < -0.4 is 0 Å². The molecule has 1 aromatic rings. The number of halogens is 4. The highest BCUT2D eigenvalue weighted by atomic mass is 79.9. The third-order valence-electron chi connectivity index (χ3n) is 1.08. The molecule has 1 rings (SSSR count). The standard InChI is InChI=1S/C7H4BrF3S/c8-6(7(9,10)11)4-5-2-1-3-12-5/h1-4H/b6-4-. The van der Waals surface area contributed by atoms with Crippen molar-refractivity contribution in [2.75, 3.05) is 0 Å². The lowest BCUT2D eigenvalue weighted by Gasteiger charge is -2.02. The Labute approximate surface area is 79.8 Å². The molecule has 0 saturated heterocycles. The van der Waals surface area contributed by atoms with E-state index < -0.39 is 10.7 Å². The molecule has 0 fully saturated rings. The van der Waals surface area contributed by atoms with Gasteiger partial charge in [-0.15, -0.1) is 11.3 Å². The van der Waals surface area contributed by atoms with Crippen LogP contribution in [0.2, 0.25) is 0 Å². The molecule has 0 amide bonds. The van der Waals surface area contributed by atoms with Crippen molar-refractivity contribution in [2.24, 2.45) is 0 Å². The quantitative estimate of drug-likeness (QED) is 0.712. The molecule has 0 N–H and O–H groups in total. The van der Waals surface area contributed by atoms with E-state index in [9.17, 15) is 13.2 Å². The first-order valence-electron chi connectivity index (χ1n) is 2.98. The van der Waals surface area contributed by atoms with Crippen LogP contribution in [0.25, 0.3) is 6.08 Å². The molecule has 1 heterocycles. The first-order chi connectivity index (χ1) is 5.50. The largest absolute Gasteiger partial charge is 0.422 e. The van der Waals surface area contributed by atoms with Crippen LogP contribution in [0.1, 0.15) is 4.88 Å². The van der Waals surface area contributed by atoms with E-state index >= 15 is 0 Å². The van der Waals surface area contributed by atoms with Gasteiger partial charge in [-0.05, 0) is 33.5 Å². The van der Waals surface area contributed by atoms with Crippen LogP contribution in [0.5, 0.6) is 0 Å². The molecule has 0 unspecified atom stereocenters. The summed E-state index contributed by atoms with van der Waals surface area (Å²) in [6.07, 6.45) is -3.23. The van der Waals surface area contributed by atoms with Gasteiger partial charge in [0.05, 0.1) is 4.48 Å². The summed E-state index contributed by atoms with van der Waals surface area (Å²) >= 11 is 3.72. The highest BCUT2D eigenvalue weighted by Crippen LogP contribution is 2.32. The van der Waals surface area contributed by atoms with Crippen LogP contribution in [0.15, 0.2) is 22.0 Å². The van der Waals surface area contributed by atoms with Crippen LogP contribution in [0.4, 0.5) is 13.2 Å². The summed E-state index contributed by atoms with van der Waals surface area (Å²) in [5.41, 5.74) is 0. The van der Waals surface area contributed by atoms with Crippen molar-refractivity contribution in [3.05, 3.63) is 26.9 Å². The van der Waals surface area contributed by atoms with Gasteiger partial charge in [-0.2, -0.15) is 13.2 Å². The van der Waals surface area contributed by atoms with Gasteiger partial charge in [0.1, 0.15) is 0 Å². The molecule has 0 spiro atoms. The second-order valence-corrected chi connectivity index (χ2v) is 3.84. The number of alkyl halides is 3. The maximum absolute atomic E-state index is 11.9. The Morgan fingerprint density at radius 3 is 2.58 bits per heavy atom. The van der Waals surface area contributed by atoms with E-state index in [0.717, 1.165) is 6.08 Å². The Balaban J connectivity index is 2.84. The van der Waals surface area contributed by atoms with Gasteiger partial charge >= 0.3 is 6.18 Å². The molecule has 0 bridgehead atoms. The van der Waals surface area contributed by atoms with Crippen LogP contribution in [-0.4, -0.2) is 6.18 Å². The maximum atomic E-state index is 11.9. The first kappa shape index (κ1) is 9.80. The van der Waals surface area contributed by atoms with E-state index in [2.05, 4.69) is 15.9 Å². The molecule has 0 nitrogen and oxygen atoms in total. The first-order valence-corrected chi connectivity index (χ1v) is 4.65. The molecule has 0 saturated carbocycles. The lowest BCUT2D eigenvalue weighted by atomic mass is 10.4. The monoisotopic (exact) mass is 256 g/mol. The second-order valence-electron chi connectivity index (χ2n) is 2.01. The smallest absolute Gasteiger partial charge is 0.166 e. The predicted octanol–water partition coefficient (Wildman–Crippen LogP) is 4.05. The average Bonchev–Trinajstić information content (AvgIpc) is 2.37. The number of allylic oxidation sites excluding steroid dienone is 1. The van der Waals surface area contributed by atoms with Crippen LogP contribution >= 0.6 is 27.3 Å². The van der Waals surface area contributed by atoms with Gasteiger partial charge < -0.3 is 0 Å². The van der Waals surface area contributed by atoms with E-state index in [1.54, 1.807) is 17.5 Å². The van der Waals surface area contributed by atoms with Crippen molar-refractivity contribution in [1.82, 2.24) is 0 Å². The molecule has 0 aliphatic heterocycles. The second kappa shape index (κ2) is 3.62. The summed E-state index contributed by atoms with van der Waals surface area (Å²) in [5, 5.41) is 1.72. The van der Waals surface area contributed by atoms with Crippen molar-refractivity contribution in [2.45, 2.75) is 6.18 Å². The van der Waals surface area contributed by atoms with Gasteiger partial charge in [0, 0.05) is 4.88 Å². The molecular formula is C7H4BrF3S. The topological polar surface area (TPSA) is 0 Å². The minimum atomic E-state index is -4.29.